The standard InChI is InChI=1S/C54H62N8O9/c1-54(2,3)71-52(69)57-39-22-21-36-28-33(15-9-5-8-14-32-20-24-40-42(30-32)60(4)53(70)61(40)41-25-27-45(64)58-49(41)66)29-37-31-43(62(47(36)37)51(39)68)50(67)56-38(23-26-44(55)63)48(65)59-46(34-16-10-6-11-17-34)35-18-12-7-13-19-35/h6-7,10-13,16-20,24,28-30,38-39,41,43,46H,5,8-9,14-15,21-23,25-27,31H2,1-4H3,(H2,55,63)(H,56,67)(H,57,69)(H,59,65)(H,58,64,66)/t38-,39-,41?,43-/m0/s1. The molecule has 6 N–H and O–H groups in total. The van der Waals surface area contributed by atoms with Crippen molar-refractivity contribution in [3.63, 3.8) is 0 Å². The van der Waals surface area contributed by atoms with Gasteiger partial charge in [-0.3, -0.25) is 48.1 Å². The quantitative estimate of drug-likeness (QED) is 0.0621. The van der Waals surface area contributed by atoms with E-state index in [-0.39, 0.29) is 50.1 Å². The van der Waals surface area contributed by atoms with E-state index in [9.17, 15) is 38.4 Å². The van der Waals surface area contributed by atoms with Crippen LogP contribution < -0.4 is 37.6 Å². The van der Waals surface area contributed by atoms with Gasteiger partial charge in [0.25, 0.3) is 0 Å². The van der Waals surface area contributed by atoms with Crippen molar-refractivity contribution in [1.82, 2.24) is 30.4 Å². The fourth-order valence-electron chi connectivity index (χ4n) is 10.1. The number of imidazole rings is 1. The maximum atomic E-state index is 14.7. The first-order valence-electron chi connectivity index (χ1n) is 24.5. The number of anilines is 1. The number of primary amides is 1. The van der Waals surface area contributed by atoms with Gasteiger partial charge in [-0.1, -0.05) is 85.3 Å². The van der Waals surface area contributed by atoms with Crippen molar-refractivity contribution < 1.29 is 38.3 Å². The highest BCUT2D eigenvalue weighted by molar-refractivity contribution is 6.08. The summed E-state index contributed by atoms with van der Waals surface area (Å²) >= 11 is 0. The first kappa shape index (κ1) is 49.8. The molecule has 71 heavy (non-hydrogen) atoms. The lowest BCUT2D eigenvalue weighted by atomic mass is 9.95. The fraction of sp³-hybridized carbons (Fsp3) is 0.407. The van der Waals surface area contributed by atoms with Crippen molar-refractivity contribution >= 4 is 58.3 Å². The summed E-state index contributed by atoms with van der Waals surface area (Å²) in [6.07, 6.45) is 4.37. The van der Waals surface area contributed by atoms with Crippen LogP contribution in [0, 0.1) is 0 Å². The maximum absolute atomic E-state index is 14.7. The molecule has 4 aromatic carbocycles. The first-order valence-corrected chi connectivity index (χ1v) is 24.5. The van der Waals surface area contributed by atoms with E-state index in [0.717, 1.165) is 65.5 Å². The number of alkyl carbamates (subject to hydrolysis) is 1. The summed E-state index contributed by atoms with van der Waals surface area (Å²) in [5.41, 5.74) is 11.8. The first-order chi connectivity index (χ1) is 33.9. The number of unbranched alkanes of at least 4 members (excludes halogenated alkanes) is 2. The SMILES string of the molecule is Cn1c(=O)n(C2CCC(=O)NC2=O)c2ccc(CCCCCc3cc4c5c(c3)C[C@@H](C(=O)N[C@@H](CCC(N)=O)C(=O)NC(c3ccccc3)c3ccccc3)N5C(=O)[C@@H](NC(=O)OC(C)(C)C)CC4)cc21. The monoisotopic (exact) mass is 966 g/mol. The normalized spacial score (nSPS) is 18.1. The van der Waals surface area contributed by atoms with E-state index in [4.69, 9.17) is 10.5 Å². The Hall–Kier alpha value is -7.56. The molecule has 3 aliphatic rings. The highest BCUT2D eigenvalue weighted by atomic mass is 16.6. The Morgan fingerprint density at radius 1 is 0.789 bits per heavy atom. The molecule has 0 bridgehead atoms. The minimum atomic E-state index is -1.19. The van der Waals surface area contributed by atoms with Gasteiger partial charge in [0, 0.05) is 26.3 Å². The third-order valence-electron chi connectivity index (χ3n) is 13.5. The third kappa shape index (κ3) is 11.4. The molecule has 7 amide bonds. The zero-order chi connectivity index (χ0) is 50.6. The summed E-state index contributed by atoms with van der Waals surface area (Å²) in [7, 11) is 1.68. The van der Waals surface area contributed by atoms with Crippen LogP contribution in [0.25, 0.3) is 11.0 Å². The molecule has 5 aromatic rings. The molecule has 3 aliphatic heterocycles. The number of hydrogen-bond acceptors (Lipinski definition) is 9. The molecule has 8 rings (SSSR count). The van der Waals surface area contributed by atoms with E-state index in [1.165, 1.54) is 14.0 Å². The van der Waals surface area contributed by atoms with Crippen LogP contribution in [0.3, 0.4) is 0 Å². The Morgan fingerprint density at radius 3 is 2.10 bits per heavy atom. The van der Waals surface area contributed by atoms with Gasteiger partial charge in [-0.25, -0.2) is 9.59 Å². The highest BCUT2D eigenvalue weighted by Crippen LogP contribution is 2.41. The topological polar surface area (TPSA) is 233 Å². The number of nitrogens with one attached hydrogen (secondary N) is 4. The Morgan fingerprint density at radius 2 is 1.45 bits per heavy atom. The van der Waals surface area contributed by atoms with Crippen LogP contribution in [0.2, 0.25) is 0 Å². The van der Waals surface area contributed by atoms with E-state index in [1.54, 1.807) is 27.8 Å². The molecule has 4 atom stereocenters. The second-order valence-corrected chi connectivity index (χ2v) is 19.8. The number of fused-ring (bicyclic) bond motifs is 1. The number of piperidine rings is 1. The highest BCUT2D eigenvalue weighted by Gasteiger charge is 2.45. The second kappa shape index (κ2) is 21.2. The number of hydrogen-bond donors (Lipinski definition) is 5. The summed E-state index contributed by atoms with van der Waals surface area (Å²) in [6.45, 7) is 5.19. The van der Waals surface area contributed by atoms with E-state index in [2.05, 4.69) is 27.3 Å². The van der Waals surface area contributed by atoms with E-state index in [0.29, 0.717) is 23.1 Å². The predicted octanol–water partition coefficient (Wildman–Crippen LogP) is 5.03. The minimum absolute atomic E-state index is 0.0819. The second-order valence-electron chi connectivity index (χ2n) is 19.8. The van der Waals surface area contributed by atoms with Crippen LogP contribution >= 0.6 is 0 Å². The molecule has 17 heteroatoms. The van der Waals surface area contributed by atoms with E-state index < -0.39 is 71.4 Å². The summed E-state index contributed by atoms with van der Waals surface area (Å²) < 4.78 is 8.55. The van der Waals surface area contributed by atoms with Crippen LogP contribution in [-0.4, -0.2) is 74.4 Å². The zero-order valence-corrected chi connectivity index (χ0v) is 40.6. The summed E-state index contributed by atoms with van der Waals surface area (Å²) in [5, 5.41) is 11.1. The lowest BCUT2D eigenvalue weighted by Gasteiger charge is -2.30. The zero-order valence-electron chi connectivity index (χ0n) is 40.6. The van der Waals surface area contributed by atoms with Crippen LogP contribution in [0.15, 0.2) is 95.8 Å². The number of rotatable bonds is 17. The molecule has 0 spiro atoms. The minimum Gasteiger partial charge on any atom is -0.444 e. The van der Waals surface area contributed by atoms with Gasteiger partial charge < -0.3 is 26.4 Å². The van der Waals surface area contributed by atoms with Crippen molar-refractivity contribution in [3.05, 3.63) is 135 Å². The summed E-state index contributed by atoms with van der Waals surface area (Å²) in [5.74, 6) is -3.05. The Labute approximate surface area is 411 Å². The van der Waals surface area contributed by atoms with Crippen LogP contribution in [0.5, 0.6) is 0 Å². The van der Waals surface area contributed by atoms with Crippen molar-refractivity contribution in [2.75, 3.05) is 4.90 Å². The number of aryl methyl sites for hydroxylation is 4. The van der Waals surface area contributed by atoms with E-state index in [1.807, 2.05) is 84.9 Å². The van der Waals surface area contributed by atoms with Crippen molar-refractivity contribution in [2.45, 2.75) is 134 Å². The fourth-order valence-corrected chi connectivity index (χ4v) is 10.1. The molecule has 1 saturated heterocycles. The average Bonchev–Trinajstić information content (AvgIpc) is 3.79. The summed E-state index contributed by atoms with van der Waals surface area (Å²) in [6, 6.07) is 24.1. The van der Waals surface area contributed by atoms with Crippen LogP contribution in [-0.2, 0) is 66.2 Å². The molecule has 0 saturated carbocycles. The number of benzene rings is 4. The van der Waals surface area contributed by atoms with Gasteiger partial charge in [0.05, 0.1) is 22.8 Å². The van der Waals surface area contributed by atoms with Gasteiger partial charge in [0.15, 0.2) is 0 Å². The number of imide groups is 1. The van der Waals surface area contributed by atoms with Crippen molar-refractivity contribution in [3.8, 4) is 0 Å². The predicted molar refractivity (Wildman–Crippen MR) is 266 cm³/mol. The molecule has 17 nitrogen and oxygen atoms in total. The molecule has 1 aromatic heterocycles. The lowest BCUT2D eigenvalue weighted by molar-refractivity contribution is -0.136. The van der Waals surface area contributed by atoms with Gasteiger partial charge in [0.2, 0.25) is 35.4 Å². The maximum Gasteiger partial charge on any atom is 0.408 e. The number of aromatic nitrogens is 2. The molecule has 4 heterocycles. The smallest absolute Gasteiger partial charge is 0.408 e. The largest absolute Gasteiger partial charge is 0.444 e. The summed E-state index contributed by atoms with van der Waals surface area (Å²) in [4.78, 5) is 108. The average molecular weight is 967 g/mol. The molecule has 0 radical (unpaired) electrons. The number of ether oxygens (including phenoxy) is 1. The Kier molecular flexibility index (Phi) is 14.9. The van der Waals surface area contributed by atoms with Gasteiger partial charge in [0.1, 0.15) is 29.8 Å². The Balaban J connectivity index is 0.987. The number of carbonyl (C=O) groups is 7. The Bertz CT molecular complexity index is 2880. The number of amides is 7. The van der Waals surface area contributed by atoms with E-state index >= 15 is 0 Å². The molecule has 1 fully saturated rings. The van der Waals surface area contributed by atoms with Crippen LogP contribution in [0.1, 0.15) is 118 Å². The third-order valence-corrected chi connectivity index (χ3v) is 13.5. The molecule has 372 valence electrons. The number of nitrogens with two attached hydrogens (primary N) is 1. The van der Waals surface area contributed by atoms with Gasteiger partial charge in [-0.05, 0) is 118 Å². The molecule has 1 unspecified atom stereocenters. The van der Waals surface area contributed by atoms with Crippen LogP contribution in [0.4, 0.5) is 10.5 Å². The van der Waals surface area contributed by atoms with Gasteiger partial charge >= 0.3 is 11.8 Å². The number of nitrogens with zero attached hydrogens (tertiary/aromatic N) is 3. The number of carbonyl (C=O) groups excluding carboxylic acids is 7. The van der Waals surface area contributed by atoms with Gasteiger partial charge in [-0.15, -0.1) is 0 Å². The molecular formula is C54H62N8O9. The molecule has 0 aliphatic carbocycles. The molecular weight excluding hydrogens is 905 g/mol. The van der Waals surface area contributed by atoms with Crippen molar-refractivity contribution in [1.29, 1.82) is 0 Å². The lowest BCUT2D eigenvalue weighted by Crippen LogP contribution is -2.57. The van der Waals surface area contributed by atoms with Gasteiger partial charge in [-0.2, -0.15) is 0 Å². The van der Waals surface area contributed by atoms with Crippen molar-refractivity contribution in [2.24, 2.45) is 12.8 Å².